The molecule has 1 aliphatic heterocycles. The highest BCUT2D eigenvalue weighted by Gasteiger charge is 2.44. The van der Waals surface area contributed by atoms with Crippen LogP contribution in [-0.2, 0) is 9.47 Å². The third-order valence-corrected chi connectivity index (χ3v) is 3.93. The molecular formula is C13H26O11. The fourth-order valence-electron chi connectivity index (χ4n) is 2.39. The number of rotatable bonds is 9. The Hall–Kier alpha value is -0.440. The molecule has 24 heavy (non-hydrogen) atoms. The van der Waals surface area contributed by atoms with E-state index < -0.39 is 81.4 Å². The van der Waals surface area contributed by atoms with Gasteiger partial charge in [0.15, 0.2) is 0 Å². The molecule has 0 aromatic heterocycles. The molecule has 0 aromatic carbocycles. The zero-order valence-corrected chi connectivity index (χ0v) is 12.9. The first-order valence-corrected chi connectivity index (χ1v) is 7.46. The van der Waals surface area contributed by atoms with Gasteiger partial charge in [-0.2, -0.15) is 0 Å². The van der Waals surface area contributed by atoms with Crippen LogP contribution in [0.1, 0.15) is 0 Å². The molecule has 11 nitrogen and oxygen atoms in total. The predicted octanol–water partition coefficient (Wildman–Crippen LogP) is -5.72. The standard InChI is InChI=1S/C13H26O11/c14-1-5(17)9(19)13(6(18)2-15)23-4-8-11(21)12(22)10(20)7(3-16)24-8/h5-22H,1-4H2. The molecule has 0 aromatic rings. The topological polar surface area (TPSA) is 201 Å². The van der Waals surface area contributed by atoms with Gasteiger partial charge in [0, 0.05) is 0 Å². The summed E-state index contributed by atoms with van der Waals surface area (Å²) in [7, 11) is 0. The minimum absolute atomic E-state index is 0.502. The molecule has 0 saturated carbocycles. The normalized spacial score (nSPS) is 36.1. The Kier molecular flexibility index (Phi) is 8.90. The van der Waals surface area contributed by atoms with Crippen LogP contribution in [0.4, 0.5) is 0 Å². The van der Waals surface area contributed by atoms with E-state index in [0.717, 1.165) is 0 Å². The second-order valence-electron chi connectivity index (χ2n) is 5.66. The average molecular weight is 358 g/mol. The summed E-state index contributed by atoms with van der Waals surface area (Å²) in [5.41, 5.74) is 0. The van der Waals surface area contributed by atoms with Gasteiger partial charge in [-0.05, 0) is 0 Å². The van der Waals surface area contributed by atoms with Crippen LogP contribution in [-0.4, -0.2) is 127 Å². The van der Waals surface area contributed by atoms with Crippen molar-refractivity contribution >= 4 is 0 Å². The smallest absolute Gasteiger partial charge is 0.114 e. The Morgan fingerprint density at radius 1 is 0.792 bits per heavy atom. The second kappa shape index (κ2) is 9.89. The van der Waals surface area contributed by atoms with Crippen LogP contribution in [0.15, 0.2) is 0 Å². The molecule has 1 saturated heterocycles. The van der Waals surface area contributed by atoms with Crippen molar-refractivity contribution in [2.45, 2.75) is 54.9 Å². The number of hydrogen-bond acceptors (Lipinski definition) is 11. The Balaban J connectivity index is 2.74. The minimum Gasteiger partial charge on any atom is -0.394 e. The Morgan fingerprint density at radius 2 is 1.33 bits per heavy atom. The maximum absolute atomic E-state index is 9.86. The molecule has 0 bridgehead atoms. The zero-order valence-electron chi connectivity index (χ0n) is 12.9. The van der Waals surface area contributed by atoms with Gasteiger partial charge in [0.05, 0.1) is 26.4 Å². The molecule has 1 rings (SSSR count). The first-order chi connectivity index (χ1) is 11.3. The van der Waals surface area contributed by atoms with Gasteiger partial charge in [-0.3, -0.25) is 0 Å². The SMILES string of the molecule is OCC(O)C(O)C(OCC1OC(CO)C(O)C(O)C1O)C(O)CO. The summed E-state index contributed by atoms with van der Waals surface area (Å²) in [6, 6.07) is 0. The van der Waals surface area contributed by atoms with E-state index in [-0.39, 0.29) is 0 Å². The van der Waals surface area contributed by atoms with Crippen LogP contribution < -0.4 is 0 Å². The van der Waals surface area contributed by atoms with Gasteiger partial charge in [0.1, 0.15) is 54.9 Å². The molecule has 1 aliphatic rings. The molecule has 0 radical (unpaired) electrons. The van der Waals surface area contributed by atoms with E-state index in [1.54, 1.807) is 0 Å². The Morgan fingerprint density at radius 3 is 1.83 bits per heavy atom. The van der Waals surface area contributed by atoms with Crippen molar-refractivity contribution in [2.24, 2.45) is 0 Å². The molecule has 11 heteroatoms. The molecule has 0 aliphatic carbocycles. The lowest BCUT2D eigenvalue weighted by Gasteiger charge is -2.40. The average Bonchev–Trinajstić information content (AvgIpc) is 2.60. The van der Waals surface area contributed by atoms with E-state index in [0.29, 0.717) is 0 Å². The minimum atomic E-state index is -1.75. The summed E-state index contributed by atoms with van der Waals surface area (Å²) in [4.78, 5) is 0. The Bertz CT molecular complexity index is 355. The highest BCUT2D eigenvalue weighted by molar-refractivity contribution is 4.92. The van der Waals surface area contributed by atoms with E-state index in [2.05, 4.69) is 0 Å². The third-order valence-electron chi connectivity index (χ3n) is 3.93. The van der Waals surface area contributed by atoms with Crippen LogP contribution >= 0.6 is 0 Å². The van der Waals surface area contributed by atoms with E-state index in [1.165, 1.54) is 0 Å². The first-order valence-electron chi connectivity index (χ1n) is 7.46. The summed E-state index contributed by atoms with van der Waals surface area (Å²) in [5.74, 6) is 0. The maximum atomic E-state index is 9.86. The fourth-order valence-corrected chi connectivity index (χ4v) is 2.39. The molecule has 9 N–H and O–H groups in total. The molecular weight excluding hydrogens is 332 g/mol. The van der Waals surface area contributed by atoms with E-state index in [1.807, 2.05) is 0 Å². The number of aliphatic hydroxyl groups excluding tert-OH is 9. The van der Waals surface area contributed by atoms with Crippen molar-refractivity contribution in [2.75, 3.05) is 26.4 Å². The maximum Gasteiger partial charge on any atom is 0.114 e. The van der Waals surface area contributed by atoms with Crippen LogP contribution in [0, 0.1) is 0 Å². The van der Waals surface area contributed by atoms with Gasteiger partial charge in [-0.25, -0.2) is 0 Å². The van der Waals surface area contributed by atoms with Crippen molar-refractivity contribution in [1.29, 1.82) is 0 Å². The summed E-state index contributed by atoms with van der Waals surface area (Å²) < 4.78 is 10.4. The summed E-state index contributed by atoms with van der Waals surface area (Å²) in [6.07, 6.45) is -13.6. The van der Waals surface area contributed by atoms with Crippen LogP contribution in [0.5, 0.6) is 0 Å². The highest BCUT2D eigenvalue weighted by atomic mass is 16.6. The van der Waals surface area contributed by atoms with Crippen LogP contribution in [0.3, 0.4) is 0 Å². The molecule has 9 atom stereocenters. The van der Waals surface area contributed by atoms with Gasteiger partial charge in [0.2, 0.25) is 0 Å². The van der Waals surface area contributed by atoms with Gasteiger partial charge in [-0.1, -0.05) is 0 Å². The highest BCUT2D eigenvalue weighted by Crippen LogP contribution is 2.22. The summed E-state index contributed by atoms with van der Waals surface area (Å²) in [6.45, 7) is -2.76. The van der Waals surface area contributed by atoms with Gasteiger partial charge < -0.3 is 55.4 Å². The summed E-state index contributed by atoms with van der Waals surface area (Å²) >= 11 is 0. The number of hydrogen-bond donors (Lipinski definition) is 9. The van der Waals surface area contributed by atoms with Crippen LogP contribution in [0.25, 0.3) is 0 Å². The lowest BCUT2D eigenvalue weighted by molar-refractivity contribution is -0.249. The zero-order chi connectivity index (χ0) is 18.4. The second-order valence-corrected chi connectivity index (χ2v) is 5.66. The van der Waals surface area contributed by atoms with Crippen molar-refractivity contribution < 1.29 is 55.4 Å². The Labute approximate surface area is 137 Å². The monoisotopic (exact) mass is 358 g/mol. The molecule has 0 amide bonds. The quantitative estimate of drug-likeness (QED) is 0.190. The lowest BCUT2D eigenvalue weighted by Crippen LogP contribution is -2.60. The van der Waals surface area contributed by atoms with Crippen LogP contribution in [0.2, 0.25) is 0 Å². The molecule has 1 fully saturated rings. The molecule has 1 heterocycles. The van der Waals surface area contributed by atoms with E-state index >= 15 is 0 Å². The molecule has 144 valence electrons. The van der Waals surface area contributed by atoms with E-state index in [9.17, 15) is 30.6 Å². The summed E-state index contributed by atoms with van der Waals surface area (Å²) in [5, 5.41) is 85.0. The van der Waals surface area contributed by atoms with E-state index in [4.69, 9.17) is 24.8 Å². The van der Waals surface area contributed by atoms with Crippen molar-refractivity contribution in [1.82, 2.24) is 0 Å². The number of ether oxygens (including phenoxy) is 2. The van der Waals surface area contributed by atoms with Crippen molar-refractivity contribution in [3.63, 3.8) is 0 Å². The lowest BCUT2D eigenvalue weighted by atomic mass is 9.95. The third kappa shape index (κ3) is 5.03. The van der Waals surface area contributed by atoms with Gasteiger partial charge >= 0.3 is 0 Å². The van der Waals surface area contributed by atoms with Gasteiger partial charge in [0.25, 0.3) is 0 Å². The predicted molar refractivity (Wildman–Crippen MR) is 75.7 cm³/mol. The van der Waals surface area contributed by atoms with Crippen molar-refractivity contribution in [3.05, 3.63) is 0 Å². The molecule has 0 spiro atoms. The number of aliphatic hydroxyl groups is 9. The largest absolute Gasteiger partial charge is 0.394 e. The first kappa shape index (κ1) is 21.6. The van der Waals surface area contributed by atoms with Gasteiger partial charge in [-0.15, -0.1) is 0 Å². The fraction of sp³-hybridized carbons (Fsp3) is 1.00. The van der Waals surface area contributed by atoms with Crippen molar-refractivity contribution in [3.8, 4) is 0 Å². The molecule has 9 unspecified atom stereocenters.